The zero-order valence-electron chi connectivity index (χ0n) is 18.5. The number of rotatable bonds is 5. The van der Waals surface area contributed by atoms with Gasteiger partial charge in [-0.25, -0.2) is 4.79 Å². The summed E-state index contributed by atoms with van der Waals surface area (Å²) in [7, 11) is 0. The Kier molecular flexibility index (Phi) is 6.93. The Morgan fingerprint density at radius 3 is 2.22 bits per heavy atom. The lowest BCUT2D eigenvalue weighted by Gasteiger charge is -2.41. The molecule has 2 aliphatic rings. The van der Waals surface area contributed by atoms with Crippen molar-refractivity contribution in [1.29, 1.82) is 0 Å². The third-order valence-electron chi connectivity index (χ3n) is 6.09. The van der Waals surface area contributed by atoms with Crippen LogP contribution in [0.25, 0.3) is 0 Å². The van der Waals surface area contributed by atoms with Gasteiger partial charge in [0.15, 0.2) is 29.3 Å². The van der Waals surface area contributed by atoms with Crippen molar-refractivity contribution < 1.29 is 64.7 Å². The summed E-state index contributed by atoms with van der Waals surface area (Å²) >= 11 is 0. The van der Waals surface area contributed by atoms with Crippen LogP contribution in [0.3, 0.4) is 0 Å². The summed E-state index contributed by atoms with van der Waals surface area (Å²) in [6.07, 6.45) is -9.29. The highest BCUT2D eigenvalue weighted by atomic mass is 16.7. The number of aromatic hydroxyl groups is 5. The Hall–Kier alpha value is -3.62. The molecule has 36 heavy (non-hydrogen) atoms. The number of carbonyl (C=O) groups excluding carboxylic acids is 2. The summed E-state index contributed by atoms with van der Waals surface area (Å²) in [5, 5.41) is 79.8. The van der Waals surface area contributed by atoms with E-state index in [2.05, 4.69) is 0 Å². The van der Waals surface area contributed by atoms with Gasteiger partial charge in [-0.1, -0.05) is 0 Å². The fraction of sp³-hybridized carbons (Fsp3) is 0.391. The number of aliphatic hydroxyl groups excluding tert-OH is 3. The zero-order chi connectivity index (χ0) is 26.3. The molecule has 1 aliphatic heterocycles. The predicted octanol–water partition coefficient (Wildman–Crippen LogP) is -0.0866. The summed E-state index contributed by atoms with van der Waals surface area (Å²) < 4.78 is 16.3. The van der Waals surface area contributed by atoms with Gasteiger partial charge in [0.1, 0.15) is 42.5 Å². The highest BCUT2D eigenvalue weighted by Crippen LogP contribution is 2.43. The van der Waals surface area contributed by atoms with Crippen molar-refractivity contribution in [2.45, 2.75) is 49.7 Å². The van der Waals surface area contributed by atoms with E-state index in [9.17, 15) is 50.4 Å². The normalized spacial score (nSPS) is 27.9. The highest BCUT2D eigenvalue weighted by Gasteiger charge is 2.46. The van der Waals surface area contributed by atoms with Crippen LogP contribution >= 0.6 is 0 Å². The van der Waals surface area contributed by atoms with Crippen molar-refractivity contribution in [3.63, 3.8) is 0 Å². The van der Waals surface area contributed by atoms with E-state index in [0.717, 1.165) is 18.2 Å². The summed E-state index contributed by atoms with van der Waals surface area (Å²) in [6, 6.07) is 3.99. The number of hydrogen-bond donors (Lipinski definition) is 8. The predicted molar refractivity (Wildman–Crippen MR) is 116 cm³/mol. The molecule has 1 unspecified atom stereocenters. The first-order valence-electron chi connectivity index (χ1n) is 10.8. The molecule has 13 nitrogen and oxygen atoms in total. The van der Waals surface area contributed by atoms with Crippen molar-refractivity contribution in [1.82, 2.24) is 0 Å². The molecule has 2 aromatic carbocycles. The van der Waals surface area contributed by atoms with Gasteiger partial charge >= 0.3 is 5.97 Å². The minimum atomic E-state index is -1.79. The number of fused-ring (bicyclic) bond motifs is 1. The molecule has 2 aromatic rings. The standard InChI is InChI=1S/C23H24O13/c24-9-1-2-11(26)17-14(4-3-10(25)16(9)17)35-23-21(32)20(31)19(30)15(36-23)7-34-22(33)8-5-12(27)18(29)13(28)6-8/h1-2,5-6,14-15,19-21,23-24,26-32H,3-4,7H2/t14?,15-,19-,20+,21-,23-/m0/s1. The Morgan fingerprint density at radius 2 is 1.56 bits per heavy atom. The van der Waals surface area contributed by atoms with Crippen LogP contribution in [0, 0.1) is 0 Å². The van der Waals surface area contributed by atoms with E-state index < -0.39 is 72.4 Å². The number of carbonyl (C=O) groups is 2. The number of esters is 1. The second-order valence-electron chi connectivity index (χ2n) is 8.46. The minimum absolute atomic E-state index is 0.0161. The summed E-state index contributed by atoms with van der Waals surface area (Å²) in [5.41, 5.74) is -0.485. The van der Waals surface area contributed by atoms with Crippen molar-refractivity contribution in [2.75, 3.05) is 6.61 Å². The SMILES string of the molecule is O=C(OC[C@@H]1O[C@H](OC2CCC(=O)c3c(O)ccc(O)c32)[C@@H](O)[C@H](O)[C@H]1O)c1cc(O)c(O)c(O)c1. The number of ether oxygens (including phenoxy) is 3. The number of aliphatic hydroxyl groups is 3. The van der Waals surface area contributed by atoms with Gasteiger partial charge in [-0.2, -0.15) is 0 Å². The molecule has 0 amide bonds. The highest BCUT2D eigenvalue weighted by molar-refractivity contribution is 6.01. The molecular formula is C23H24O13. The van der Waals surface area contributed by atoms with E-state index in [1.165, 1.54) is 6.07 Å². The average Bonchev–Trinajstić information content (AvgIpc) is 2.84. The Morgan fingerprint density at radius 1 is 0.917 bits per heavy atom. The van der Waals surface area contributed by atoms with Gasteiger partial charge in [0.05, 0.1) is 17.2 Å². The molecule has 0 bridgehead atoms. The average molecular weight is 508 g/mol. The maximum atomic E-state index is 12.3. The van der Waals surface area contributed by atoms with Crippen LogP contribution < -0.4 is 0 Å². The summed E-state index contributed by atoms with van der Waals surface area (Å²) in [5.74, 6) is -4.58. The Balaban J connectivity index is 1.49. The molecule has 0 aromatic heterocycles. The molecule has 0 radical (unpaired) electrons. The largest absolute Gasteiger partial charge is 0.508 e. The second kappa shape index (κ2) is 9.79. The number of ketones is 1. The number of Topliss-reactive ketones (excluding diaryl/α,β-unsaturated/α-hetero) is 1. The maximum Gasteiger partial charge on any atom is 0.338 e. The molecule has 1 aliphatic carbocycles. The van der Waals surface area contributed by atoms with Crippen LogP contribution in [0.5, 0.6) is 28.7 Å². The van der Waals surface area contributed by atoms with E-state index in [1.807, 2.05) is 0 Å². The van der Waals surface area contributed by atoms with E-state index in [4.69, 9.17) is 14.2 Å². The van der Waals surface area contributed by atoms with E-state index in [1.54, 1.807) is 0 Å². The van der Waals surface area contributed by atoms with Crippen LogP contribution in [0.4, 0.5) is 0 Å². The van der Waals surface area contributed by atoms with E-state index in [-0.39, 0.29) is 41.0 Å². The van der Waals surface area contributed by atoms with Gasteiger partial charge in [-0.05, 0) is 30.7 Å². The first-order chi connectivity index (χ1) is 17.0. The van der Waals surface area contributed by atoms with Crippen molar-refractivity contribution in [3.8, 4) is 28.7 Å². The first kappa shape index (κ1) is 25.5. The van der Waals surface area contributed by atoms with Gasteiger partial charge in [0, 0.05) is 12.0 Å². The van der Waals surface area contributed by atoms with E-state index >= 15 is 0 Å². The number of phenols is 5. The monoisotopic (exact) mass is 508 g/mol. The second-order valence-corrected chi connectivity index (χ2v) is 8.46. The number of benzene rings is 2. The third kappa shape index (κ3) is 4.62. The molecule has 1 fully saturated rings. The van der Waals surface area contributed by atoms with Crippen LogP contribution in [0.15, 0.2) is 24.3 Å². The molecule has 194 valence electrons. The lowest BCUT2D eigenvalue weighted by molar-refractivity contribution is -0.312. The number of hydrogen-bond acceptors (Lipinski definition) is 13. The Labute approximate surface area is 203 Å². The lowest BCUT2D eigenvalue weighted by atomic mass is 9.87. The molecule has 8 N–H and O–H groups in total. The molecule has 6 atom stereocenters. The quantitative estimate of drug-likeness (QED) is 0.150. The zero-order valence-corrected chi connectivity index (χ0v) is 18.5. The van der Waals surface area contributed by atoms with Gasteiger partial charge in [0.2, 0.25) is 0 Å². The van der Waals surface area contributed by atoms with Gasteiger partial charge in [-0.3, -0.25) is 4.79 Å². The maximum absolute atomic E-state index is 12.3. The van der Waals surface area contributed by atoms with Gasteiger partial charge in [-0.15, -0.1) is 0 Å². The van der Waals surface area contributed by atoms with Crippen molar-refractivity contribution in [3.05, 3.63) is 41.0 Å². The molecule has 4 rings (SSSR count). The number of phenolic OH excluding ortho intramolecular Hbond substituents is 5. The third-order valence-corrected chi connectivity index (χ3v) is 6.09. The molecule has 0 spiro atoms. The summed E-state index contributed by atoms with van der Waals surface area (Å²) in [4.78, 5) is 24.6. The molecule has 1 heterocycles. The Bertz CT molecular complexity index is 1160. The van der Waals surface area contributed by atoms with Gasteiger partial charge in [0.25, 0.3) is 0 Å². The van der Waals surface area contributed by atoms with Crippen LogP contribution in [-0.2, 0) is 14.2 Å². The smallest absolute Gasteiger partial charge is 0.338 e. The van der Waals surface area contributed by atoms with Crippen molar-refractivity contribution in [2.24, 2.45) is 0 Å². The van der Waals surface area contributed by atoms with Crippen molar-refractivity contribution >= 4 is 11.8 Å². The van der Waals surface area contributed by atoms with Crippen LogP contribution in [-0.4, -0.2) is 89.9 Å². The molecule has 1 saturated heterocycles. The molecule has 0 saturated carbocycles. The fourth-order valence-corrected chi connectivity index (χ4v) is 4.18. The molecule has 13 heteroatoms. The first-order valence-corrected chi connectivity index (χ1v) is 10.8. The molecular weight excluding hydrogens is 484 g/mol. The van der Waals surface area contributed by atoms with Crippen LogP contribution in [0.2, 0.25) is 0 Å². The lowest BCUT2D eigenvalue weighted by Crippen LogP contribution is -2.59. The summed E-state index contributed by atoms with van der Waals surface area (Å²) in [6.45, 7) is -0.655. The topological polar surface area (TPSA) is 224 Å². The van der Waals surface area contributed by atoms with E-state index in [0.29, 0.717) is 0 Å². The minimum Gasteiger partial charge on any atom is -0.508 e. The van der Waals surface area contributed by atoms with Crippen LogP contribution in [0.1, 0.15) is 45.2 Å². The fourth-order valence-electron chi connectivity index (χ4n) is 4.18. The van der Waals surface area contributed by atoms with Gasteiger partial charge < -0.3 is 55.1 Å².